The maximum Gasteiger partial charge on any atom is 0.237 e. The van der Waals surface area contributed by atoms with Crippen molar-refractivity contribution >= 4 is 39.3 Å². The Morgan fingerprint density at radius 3 is 2.58 bits per heavy atom. The Balaban J connectivity index is 1.68. The van der Waals surface area contributed by atoms with E-state index in [0.29, 0.717) is 5.75 Å². The molecule has 0 aliphatic rings. The molecule has 0 fully saturated rings. The number of rotatable bonds is 5. The lowest BCUT2D eigenvalue weighted by Crippen LogP contribution is -2.27. The van der Waals surface area contributed by atoms with Crippen LogP contribution in [0.4, 0.5) is 5.69 Å². The third-order valence-corrected chi connectivity index (χ3v) is 5.03. The number of carbonyl (C=O) groups excluding carboxylic acids is 1. The van der Waals surface area contributed by atoms with Crippen molar-refractivity contribution in [1.82, 2.24) is 9.55 Å². The van der Waals surface area contributed by atoms with Gasteiger partial charge in [0.15, 0.2) is 5.16 Å². The number of anilines is 1. The molecule has 0 radical (unpaired) electrons. The van der Waals surface area contributed by atoms with E-state index in [4.69, 9.17) is 0 Å². The summed E-state index contributed by atoms with van der Waals surface area (Å²) in [4.78, 5) is 18.4. The number of carbonyl (C=O) groups is 1. The highest BCUT2D eigenvalue weighted by Crippen LogP contribution is 2.23. The Hall–Kier alpha value is -2.05. The van der Waals surface area contributed by atoms with E-state index in [1.165, 1.54) is 11.8 Å². The van der Waals surface area contributed by atoms with Gasteiger partial charge in [0.25, 0.3) is 0 Å². The van der Waals surface area contributed by atoms with E-state index < -0.39 is 0 Å². The van der Waals surface area contributed by atoms with Crippen molar-refractivity contribution in [2.75, 3.05) is 17.7 Å². The van der Waals surface area contributed by atoms with Gasteiger partial charge in [0.1, 0.15) is 0 Å². The molecule has 3 aromatic rings. The third kappa shape index (κ3) is 3.88. The summed E-state index contributed by atoms with van der Waals surface area (Å²) in [6.07, 6.45) is 3.65. The number of hydrogen-bond acceptors (Lipinski definition) is 3. The summed E-state index contributed by atoms with van der Waals surface area (Å²) >= 11 is 4.87. The van der Waals surface area contributed by atoms with Crippen LogP contribution in [0.15, 0.2) is 76.6 Å². The number of imidazole rings is 1. The predicted molar refractivity (Wildman–Crippen MR) is 102 cm³/mol. The number of thioether (sulfide) groups is 1. The molecule has 6 heteroatoms. The first-order valence-electron chi connectivity index (χ1n) is 7.39. The molecule has 0 bridgehead atoms. The smallest absolute Gasteiger partial charge is 0.237 e. The van der Waals surface area contributed by atoms with Crippen LogP contribution in [0.25, 0.3) is 5.69 Å². The van der Waals surface area contributed by atoms with Crippen LogP contribution in [0, 0.1) is 0 Å². The van der Waals surface area contributed by atoms with Gasteiger partial charge in [-0.1, -0.05) is 45.9 Å². The molecule has 122 valence electrons. The van der Waals surface area contributed by atoms with Gasteiger partial charge in [-0.25, -0.2) is 4.98 Å². The first kappa shape index (κ1) is 16.8. The van der Waals surface area contributed by atoms with Crippen molar-refractivity contribution in [2.24, 2.45) is 0 Å². The van der Waals surface area contributed by atoms with Crippen molar-refractivity contribution in [2.45, 2.75) is 5.16 Å². The van der Waals surface area contributed by atoms with Gasteiger partial charge in [-0.2, -0.15) is 0 Å². The molecule has 0 spiro atoms. The maximum atomic E-state index is 12.4. The predicted octanol–water partition coefficient (Wildman–Crippen LogP) is 4.39. The van der Waals surface area contributed by atoms with E-state index in [1.54, 1.807) is 18.1 Å². The molecule has 2 aromatic carbocycles. The van der Waals surface area contributed by atoms with Crippen molar-refractivity contribution in [3.05, 3.63) is 71.5 Å². The summed E-state index contributed by atoms with van der Waals surface area (Å²) in [6, 6.07) is 17.6. The Morgan fingerprint density at radius 2 is 1.88 bits per heavy atom. The van der Waals surface area contributed by atoms with Crippen LogP contribution in [0.3, 0.4) is 0 Å². The minimum Gasteiger partial charge on any atom is -0.315 e. The zero-order valence-corrected chi connectivity index (χ0v) is 15.5. The van der Waals surface area contributed by atoms with Gasteiger partial charge < -0.3 is 4.90 Å². The summed E-state index contributed by atoms with van der Waals surface area (Å²) in [5.41, 5.74) is 1.90. The number of halogens is 1. The molecule has 1 heterocycles. The molecule has 24 heavy (non-hydrogen) atoms. The molecule has 0 saturated heterocycles. The molecular weight excluding hydrogens is 386 g/mol. The van der Waals surface area contributed by atoms with Crippen LogP contribution < -0.4 is 4.90 Å². The van der Waals surface area contributed by atoms with Gasteiger partial charge in [0, 0.05) is 35.3 Å². The molecule has 0 N–H and O–H groups in total. The Kier molecular flexibility index (Phi) is 5.37. The molecule has 3 rings (SSSR count). The van der Waals surface area contributed by atoms with E-state index in [2.05, 4.69) is 20.9 Å². The second kappa shape index (κ2) is 7.68. The fraction of sp³-hybridized carbons (Fsp3) is 0.111. The summed E-state index contributed by atoms with van der Waals surface area (Å²) in [5.74, 6) is 0.371. The summed E-state index contributed by atoms with van der Waals surface area (Å²) in [6.45, 7) is 0. The van der Waals surface area contributed by atoms with Gasteiger partial charge in [-0.3, -0.25) is 9.36 Å². The van der Waals surface area contributed by atoms with Gasteiger partial charge in [-0.05, 0) is 36.4 Å². The lowest BCUT2D eigenvalue weighted by atomic mass is 10.3. The molecule has 1 aromatic heterocycles. The molecular formula is C18H16BrN3OS. The zero-order valence-electron chi connectivity index (χ0n) is 13.1. The van der Waals surface area contributed by atoms with Crippen molar-refractivity contribution in [3.63, 3.8) is 0 Å². The van der Waals surface area contributed by atoms with Gasteiger partial charge >= 0.3 is 0 Å². The van der Waals surface area contributed by atoms with E-state index >= 15 is 0 Å². The number of aromatic nitrogens is 2. The quantitative estimate of drug-likeness (QED) is 0.595. The summed E-state index contributed by atoms with van der Waals surface area (Å²) < 4.78 is 3.01. The molecule has 1 amide bonds. The van der Waals surface area contributed by atoms with Crippen molar-refractivity contribution in [3.8, 4) is 5.69 Å². The van der Waals surface area contributed by atoms with Crippen LogP contribution in [0.1, 0.15) is 0 Å². The Labute approximate surface area is 153 Å². The van der Waals surface area contributed by atoms with Crippen molar-refractivity contribution in [1.29, 1.82) is 0 Å². The fourth-order valence-corrected chi connectivity index (χ4v) is 3.36. The second-order valence-electron chi connectivity index (χ2n) is 5.13. The van der Waals surface area contributed by atoms with Crippen LogP contribution in [0.5, 0.6) is 0 Å². The van der Waals surface area contributed by atoms with E-state index in [9.17, 15) is 4.79 Å². The highest BCUT2D eigenvalue weighted by Gasteiger charge is 2.13. The SMILES string of the molecule is CN(C(=O)CSc1nccn1-c1ccc(Br)cc1)c1ccccc1. The molecule has 0 atom stereocenters. The number of amides is 1. The molecule has 0 unspecified atom stereocenters. The largest absolute Gasteiger partial charge is 0.315 e. The second-order valence-corrected chi connectivity index (χ2v) is 6.99. The van der Waals surface area contributed by atoms with E-state index in [1.807, 2.05) is 65.4 Å². The van der Waals surface area contributed by atoms with Crippen LogP contribution in [-0.4, -0.2) is 28.3 Å². The zero-order chi connectivity index (χ0) is 16.9. The monoisotopic (exact) mass is 401 g/mol. The van der Waals surface area contributed by atoms with Gasteiger partial charge in [-0.15, -0.1) is 0 Å². The number of benzene rings is 2. The number of para-hydroxylation sites is 1. The van der Waals surface area contributed by atoms with Crippen LogP contribution in [-0.2, 0) is 4.79 Å². The molecule has 0 aliphatic carbocycles. The highest BCUT2D eigenvalue weighted by molar-refractivity contribution is 9.10. The first-order valence-corrected chi connectivity index (χ1v) is 9.17. The molecule has 0 saturated carbocycles. The lowest BCUT2D eigenvalue weighted by Gasteiger charge is -2.17. The minimum atomic E-state index is 0.0385. The number of hydrogen-bond donors (Lipinski definition) is 0. The maximum absolute atomic E-state index is 12.4. The van der Waals surface area contributed by atoms with Crippen LogP contribution in [0.2, 0.25) is 0 Å². The third-order valence-electron chi connectivity index (χ3n) is 3.55. The summed E-state index contributed by atoms with van der Waals surface area (Å²) in [7, 11) is 1.79. The van der Waals surface area contributed by atoms with E-state index in [0.717, 1.165) is 21.0 Å². The summed E-state index contributed by atoms with van der Waals surface area (Å²) in [5, 5.41) is 0.798. The Morgan fingerprint density at radius 1 is 1.17 bits per heavy atom. The Bertz CT molecular complexity index is 818. The fourth-order valence-electron chi connectivity index (χ4n) is 2.21. The van der Waals surface area contributed by atoms with Crippen molar-refractivity contribution < 1.29 is 4.79 Å². The average Bonchev–Trinajstić information content (AvgIpc) is 3.09. The molecule has 0 aliphatic heterocycles. The van der Waals surface area contributed by atoms with E-state index in [-0.39, 0.29) is 5.91 Å². The number of nitrogens with zero attached hydrogens (tertiary/aromatic N) is 3. The van der Waals surface area contributed by atoms with Gasteiger partial charge in [0.2, 0.25) is 5.91 Å². The lowest BCUT2D eigenvalue weighted by molar-refractivity contribution is -0.115. The standard InChI is InChI=1S/C18H16BrN3OS/c1-21(15-5-3-2-4-6-15)17(23)13-24-18-20-11-12-22(18)16-9-7-14(19)8-10-16/h2-12H,13H2,1H3. The van der Waals surface area contributed by atoms with Crippen LogP contribution >= 0.6 is 27.7 Å². The average molecular weight is 402 g/mol. The normalized spacial score (nSPS) is 10.6. The van der Waals surface area contributed by atoms with Gasteiger partial charge in [0.05, 0.1) is 5.75 Å². The first-order chi connectivity index (χ1) is 11.6. The highest BCUT2D eigenvalue weighted by atomic mass is 79.9. The molecule has 4 nitrogen and oxygen atoms in total. The minimum absolute atomic E-state index is 0.0385. The topological polar surface area (TPSA) is 38.1 Å².